The van der Waals surface area contributed by atoms with Crippen LogP contribution in [-0.2, 0) is 14.3 Å². The first kappa shape index (κ1) is 27.5. The number of carbonyl (C=O) groups excluding carboxylic acids is 3. The summed E-state index contributed by atoms with van der Waals surface area (Å²) in [5.41, 5.74) is 0.286. The molecule has 1 aliphatic carbocycles. The Kier molecular flexibility index (Phi) is 8.97. The first-order chi connectivity index (χ1) is 15.8. The standard InChI is InChI=1S/C26H41N3O5/c1-9-11-17(4)27-23(31)21(19-13-10-12-15(2)22(19)30)29(20-14-16(20)3)24(32)18(5)28-25(33)34-26(6,7)8/h10,12-13,16-18,20-21,30H,9,11,14H2,1-8H3,(H,27,31)(H,28,33). The highest BCUT2D eigenvalue weighted by atomic mass is 16.6. The molecule has 190 valence electrons. The fourth-order valence-electron chi connectivity index (χ4n) is 4.09. The van der Waals surface area contributed by atoms with Crippen molar-refractivity contribution in [1.82, 2.24) is 15.5 Å². The second-order valence-corrected chi connectivity index (χ2v) is 10.5. The van der Waals surface area contributed by atoms with Crippen molar-refractivity contribution in [3.8, 4) is 5.75 Å². The van der Waals surface area contributed by atoms with Crippen LogP contribution in [-0.4, -0.2) is 51.6 Å². The van der Waals surface area contributed by atoms with E-state index < -0.39 is 29.7 Å². The van der Waals surface area contributed by atoms with Crippen LogP contribution in [0.2, 0.25) is 0 Å². The van der Waals surface area contributed by atoms with Gasteiger partial charge in [-0.15, -0.1) is 0 Å². The van der Waals surface area contributed by atoms with Crippen LogP contribution in [0.3, 0.4) is 0 Å². The zero-order valence-electron chi connectivity index (χ0n) is 21.8. The number of phenolic OH excluding ortho intramolecular Hbond substituents is 1. The van der Waals surface area contributed by atoms with Crippen molar-refractivity contribution in [2.45, 2.75) is 104 Å². The van der Waals surface area contributed by atoms with Gasteiger partial charge in [0.25, 0.3) is 0 Å². The first-order valence-corrected chi connectivity index (χ1v) is 12.2. The molecule has 3 N–H and O–H groups in total. The Balaban J connectivity index is 2.43. The fraction of sp³-hybridized carbons (Fsp3) is 0.654. The second-order valence-electron chi connectivity index (χ2n) is 10.5. The minimum absolute atomic E-state index is 0.00958. The van der Waals surface area contributed by atoms with Gasteiger partial charge in [0.05, 0.1) is 0 Å². The molecule has 0 saturated heterocycles. The lowest BCUT2D eigenvalue weighted by Gasteiger charge is -2.35. The molecule has 0 radical (unpaired) electrons. The van der Waals surface area contributed by atoms with Gasteiger partial charge in [-0.1, -0.05) is 38.5 Å². The molecular formula is C26H41N3O5. The maximum absolute atomic E-state index is 13.7. The third kappa shape index (κ3) is 7.11. The van der Waals surface area contributed by atoms with E-state index in [2.05, 4.69) is 10.6 Å². The van der Waals surface area contributed by atoms with Gasteiger partial charge >= 0.3 is 6.09 Å². The molecule has 8 nitrogen and oxygen atoms in total. The molecule has 1 fully saturated rings. The number of hydrogen-bond donors (Lipinski definition) is 3. The number of phenols is 1. The molecule has 0 aromatic heterocycles. The van der Waals surface area contributed by atoms with E-state index >= 15 is 0 Å². The van der Waals surface area contributed by atoms with Crippen molar-refractivity contribution < 1.29 is 24.2 Å². The smallest absolute Gasteiger partial charge is 0.408 e. The van der Waals surface area contributed by atoms with Crippen LogP contribution in [0.15, 0.2) is 18.2 Å². The highest BCUT2D eigenvalue weighted by Gasteiger charge is 2.48. The molecule has 0 spiro atoms. The number of aryl methyl sites for hydroxylation is 1. The SMILES string of the molecule is CCCC(C)NC(=O)C(c1cccc(C)c1O)N(C(=O)C(C)NC(=O)OC(C)(C)C)C1CC1C. The van der Waals surface area contributed by atoms with Gasteiger partial charge in [-0.25, -0.2) is 4.79 Å². The second kappa shape index (κ2) is 11.1. The van der Waals surface area contributed by atoms with E-state index in [1.54, 1.807) is 52.8 Å². The third-order valence-corrected chi connectivity index (χ3v) is 5.98. The molecule has 0 bridgehead atoms. The number of nitrogens with zero attached hydrogens (tertiary/aromatic N) is 1. The molecule has 3 amide bonds. The summed E-state index contributed by atoms with van der Waals surface area (Å²) in [6.45, 7) is 14.6. The summed E-state index contributed by atoms with van der Waals surface area (Å²) in [6, 6.07) is 3.00. The van der Waals surface area contributed by atoms with E-state index in [1.165, 1.54) is 4.90 Å². The summed E-state index contributed by atoms with van der Waals surface area (Å²) < 4.78 is 5.30. The van der Waals surface area contributed by atoms with Gasteiger partial charge in [-0.3, -0.25) is 9.59 Å². The van der Waals surface area contributed by atoms with E-state index in [9.17, 15) is 19.5 Å². The lowest BCUT2D eigenvalue weighted by molar-refractivity contribution is -0.143. The van der Waals surface area contributed by atoms with Crippen LogP contribution in [0.5, 0.6) is 5.75 Å². The third-order valence-electron chi connectivity index (χ3n) is 5.98. The molecule has 8 heteroatoms. The number of rotatable bonds is 9. The highest BCUT2D eigenvalue weighted by Crippen LogP contribution is 2.42. The summed E-state index contributed by atoms with van der Waals surface area (Å²) in [6.07, 6.45) is 1.74. The van der Waals surface area contributed by atoms with Gasteiger partial charge in [0.15, 0.2) is 0 Å². The van der Waals surface area contributed by atoms with E-state index in [0.717, 1.165) is 19.3 Å². The number of nitrogens with one attached hydrogen (secondary N) is 2. The van der Waals surface area contributed by atoms with Crippen LogP contribution in [0.25, 0.3) is 0 Å². The van der Waals surface area contributed by atoms with Crippen molar-refractivity contribution in [1.29, 1.82) is 0 Å². The Bertz CT molecular complexity index is 895. The number of amides is 3. The van der Waals surface area contributed by atoms with Crippen molar-refractivity contribution in [3.63, 3.8) is 0 Å². The van der Waals surface area contributed by atoms with Crippen molar-refractivity contribution in [3.05, 3.63) is 29.3 Å². The van der Waals surface area contributed by atoms with Crippen LogP contribution in [0.4, 0.5) is 4.79 Å². The molecule has 1 saturated carbocycles. The van der Waals surface area contributed by atoms with Crippen LogP contribution < -0.4 is 10.6 Å². The van der Waals surface area contributed by atoms with Crippen LogP contribution in [0.1, 0.15) is 84.9 Å². The average molecular weight is 476 g/mol. The maximum atomic E-state index is 13.7. The van der Waals surface area contributed by atoms with Gasteiger partial charge in [-0.2, -0.15) is 0 Å². The predicted octanol–water partition coefficient (Wildman–Crippen LogP) is 4.20. The first-order valence-electron chi connectivity index (χ1n) is 12.2. The zero-order valence-corrected chi connectivity index (χ0v) is 21.8. The lowest BCUT2D eigenvalue weighted by Crippen LogP contribution is -2.53. The van der Waals surface area contributed by atoms with Gasteiger partial charge < -0.3 is 25.4 Å². The maximum Gasteiger partial charge on any atom is 0.408 e. The highest BCUT2D eigenvalue weighted by molar-refractivity contribution is 5.93. The van der Waals surface area contributed by atoms with Crippen LogP contribution in [0, 0.1) is 12.8 Å². The Hall–Kier alpha value is -2.77. The Morgan fingerprint density at radius 3 is 2.35 bits per heavy atom. The Morgan fingerprint density at radius 1 is 1.21 bits per heavy atom. The summed E-state index contributed by atoms with van der Waals surface area (Å²) in [4.78, 5) is 41.1. The van der Waals surface area contributed by atoms with E-state index in [4.69, 9.17) is 4.74 Å². The van der Waals surface area contributed by atoms with E-state index in [1.807, 2.05) is 20.8 Å². The molecule has 1 aromatic rings. The minimum atomic E-state index is -1.02. The Morgan fingerprint density at radius 2 is 1.82 bits per heavy atom. The topological polar surface area (TPSA) is 108 Å². The summed E-state index contributed by atoms with van der Waals surface area (Å²) >= 11 is 0. The summed E-state index contributed by atoms with van der Waals surface area (Å²) in [7, 11) is 0. The van der Waals surface area contributed by atoms with Crippen molar-refractivity contribution >= 4 is 17.9 Å². The number of para-hydroxylation sites is 1. The minimum Gasteiger partial charge on any atom is -0.507 e. The lowest BCUT2D eigenvalue weighted by atomic mass is 9.98. The molecule has 34 heavy (non-hydrogen) atoms. The molecule has 1 aliphatic rings. The Labute approximate surface area is 203 Å². The number of carbonyl (C=O) groups is 3. The van der Waals surface area contributed by atoms with Gasteiger partial charge in [0.2, 0.25) is 11.8 Å². The van der Waals surface area contributed by atoms with E-state index in [0.29, 0.717) is 11.1 Å². The molecule has 5 atom stereocenters. The number of alkyl carbamates (subject to hydrolysis) is 1. The average Bonchev–Trinajstić information content (AvgIpc) is 3.42. The van der Waals surface area contributed by atoms with Gasteiger partial charge in [0.1, 0.15) is 23.4 Å². The molecule has 0 heterocycles. The van der Waals surface area contributed by atoms with Crippen molar-refractivity contribution in [2.75, 3.05) is 0 Å². The largest absolute Gasteiger partial charge is 0.507 e. The normalized spacial score (nSPS) is 20.0. The monoisotopic (exact) mass is 475 g/mol. The predicted molar refractivity (Wildman–Crippen MR) is 131 cm³/mol. The summed E-state index contributed by atoms with van der Waals surface area (Å²) in [5.74, 6) is -0.555. The molecule has 0 aliphatic heterocycles. The van der Waals surface area contributed by atoms with Crippen molar-refractivity contribution in [2.24, 2.45) is 5.92 Å². The van der Waals surface area contributed by atoms with E-state index in [-0.39, 0.29) is 29.7 Å². The number of benzene rings is 1. The summed E-state index contributed by atoms with van der Waals surface area (Å²) in [5, 5.41) is 16.5. The molecule has 2 rings (SSSR count). The molecule has 5 unspecified atom stereocenters. The quantitative estimate of drug-likeness (QED) is 0.496. The van der Waals surface area contributed by atoms with Gasteiger partial charge in [-0.05, 0) is 65.9 Å². The van der Waals surface area contributed by atoms with Gasteiger partial charge in [0, 0.05) is 17.6 Å². The number of ether oxygens (including phenoxy) is 1. The number of aromatic hydroxyl groups is 1. The molecule has 1 aromatic carbocycles. The van der Waals surface area contributed by atoms with Crippen LogP contribution >= 0.6 is 0 Å². The zero-order chi connectivity index (χ0) is 25.8. The molecular weight excluding hydrogens is 434 g/mol. The number of hydrogen-bond acceptors (Lipinski definition) is 5. The fourth-order valence-corrected chi connectivity index (χ4v) is 4.09.